The van der Waals surface area contributed by atoms with E-state index in [0.29, 0.717) is 25.1 Å². The first-order chi connectivity index (χ1) is 13.3. The van der Waals surface area contributed by atoms with E-state index >= 15 is 0 Å². The van der Waals surface area contributed by atoms with Gasteiger partial charge in [0, 0.05) is 23.6 Å². The van der Waals surface area contributed by atoms with Gasteiger partial charge in [0.1, 0.15) is 11.7 Å². The van der Waals surface area contributed by atoms with Crippen molar-refractivity contribution in [2.24, 2.45) is 0 Å². The summed E-state index contributed by atoms with van der Waals surface area (Å²) in [7, 11) is 0. The van der Waals surface area contributed by atoms with Crippen LogP contribution in [0.5, 0.6) is 0 Å². The van der Waals surface area contributed by atoms with E-state index in [1.54, 1.807) is 0 Å². The molecule has 10 heteroatoms. The molecule has 0 aliphatic carbocycles. The van der Waals surface area contributed by atoms with Crippen LogP contribution >= 0.6 is 23.2 Å². The number of hydrogen-bond acceptors (Lipinski definition) is 1. The molecule has 0 aromatic heterocycles. The standard InChI is InChI=1S/C19H11Cl2F7O/c1-18(24,25)12-4-9(2-3-10(12)8-29)16(22)7-13(19(26,27)28)11-5-14(20)17(23)15(21)6-11/h2-8,13H,1H3/b16-7-. The smallest absolute Gasteiger partial charge is 0.298 e. The highest BCUT2D eigenvalue weighted by Gasteiger charge is 2.40. The molecule has 0 aliphatic rings. The van der Waals surface area contributed by atoms with E-state index in [4.69, 9.17) is 23.2 Å². The molecule has 0 saturated carbocycles. The molecule has 0 heterocycles. The minimum absolute atomic E-state index is 0.124. The third-order valence-electron chi connectivity index (χ3n) is 3.96. The third-order valence-corrected chi connectivity index (χ3v) is 4.51. The molecule has 0 amide bonds. The van der Waals surface area contributed by atoms with Gasteiger partial charge in [-0.15, -0.1) is 0 Å². The van der Waals surface area contributed by atoms with Gasteiger partial charge in [0.15, 0.2) is 12.1 Å². The Labute approximate surface area is 170 Å². The summed E-state index contributed by atoms with van der Waals surface area (Å²) in [5.41, 5.74) is -2.52. The maximum Gasteiger partial charge on any atom is 0.399 e. The van der Waals surface area contributed by atoms with Crippen molar-refractivity contribution in [2.75, 3.05) is 0 Å². The Bertz CT molecular complexity index is 939. The van der Waals surface area contributed by atoms with Gasteiger partial charge >= 0.3 is 6.18 Å². The van der Waals surface area contributed by atoms with Gasteiger partial charge in [-0.3, -0.25) is 4.79 Å². The summed E-state index contributed by atoms with van der Waals surface area (Å²) in [4.78, 5) is 10.9. The molecular formula is C19H11Cl2F7O. The molecule has 0 N–H and O–H groups in total. The molecule has 2 aromatic carbocycles. The van der Waals surface area contributed by atoms with E-state index in [-0.39, 0.29) is 12.4 Å². The van der Waals surface area contributed by atoms with Crippen molar-refractivity contribution in [2.45, 2.75) is 24.9 Å². The number of halogens is 9. The SMILES string of the molecule is CC(F)(F)c1cc(/C(F)=C/C(c2cc(Cl)c(F)c(Cl)c2)C(F)(F)F)ccc1C=O. The van der Waals surface area contributed by atoms with Crippen LogP contribution in [0.15, 0.2) is 36.4 Å². The number of hydrogen-bond donors (Lipinski definition) is 0. The summed E-state index contributed by atoms with van der Waals surface area (Å²) < 4.78 is 95.8. The molecule has 0 aliphatic heterocycles. The Balaban J connectivity index is 2.60. The Hall–Kier alpha value is -2.06. The molecule has 156 valence electrons. The Morgan fingerprint density at radius 2 is 1.59 bits per heavy atom. The molecule has 1 unspecified atom stereocenters. The molecule has 0 spiro atoms. The number of allylic oxidation sites excluding steroid dienone is 1. The highest BCUT2D eigenvalue weighted by Crippen LogP contribution is 2.41. The maximum atomic E-state index is 14.6. The monoisotopic (exact) mass is 458 g/mol. The van der Waals surface area contributed by atoms with Gasteiger partial charge in [-0.1, -0.05) is 35.3 Å². The number of alkyl halides is 5. The van der Waals surface area contributed by atoms with Gasteiger partial charge in [-0.25, -0.2) is 17.6 Å². The predicted octanol–water partition coefficient (Wildman–Crippen LogP) is 7.71. The van der Waals surface area contributed by atoms with E-state index in [9.17, 15) is 35.5 Å². The number of carbonyl (C=O) groups is 1. The number of rotatable bonds is 5. The van der Waals surface area contributed by atoms with Gasteiger partial charge in [0.05, 0.1) is 10.0 Å². The van der Waals surface area contributed by atoms with Crippen LogP contribution in [0.1, 0.15) is 39.9 Å². The molecule has 0 fully saturated rings. The molecule has 1 atom stereocenters. The average molecular weight is 459 g/mol. The van der Waals surface area contributed by atoms with Crippen LogP contribution < -0.4 is 0 Å². The van der Waals surface area contributed by atoms with Crippen molar-refractivity contribution < 1.29 is 35.5 Å². The number of carbonyl (C=O) groups excluding carboxylic acids is 1. The minimum Gasteiger partial charge on any atom is -0.298 e. The Morgan fingerprint density at radius 1 is 1.03 bits per heavy atom. The predicted molar refractivity (Wildman–Crippen MR) is 95.7 cm³/mol. The fourth-order valence-electron chi connectivity index (χ4n) is 2.56. The summed E-state index contributed by atoms with van der Waals surface area (Å²) in [6.45, 7) is 0.460. The van der Waals surface area contributed by atoms with Crippen LogP contribution in [-0.4, -0.2) is 12.5 Å². The van der Waals surface area contributed by atoms with E-state index in [1.165, 1.54) is 0 Å². The van der Waals surface area contributed by atoms with Crippen molar-refractivity contribution in [1.82, 2.24) is 0 Å². The Morgan fingerprint density at radius 3 is 2.03 bits per heavy atom. The molecule has 2 rings (SSSR count). The maximum absolute atomic E-state index is 14.6. The van der Waals surface area contributed by atoms with E-state index < -0.39 is 62.0 Å². The minimum atomic E-state index is -5.03. The zero-order valence-electron chi connectivity index (χ0n) is 14.4. The van der Waals surface area contributed by atoms with Gasteiger partial charge in [-0.2, -0.15) is 13.2 Å². The summed E-state index contributed by atoms with van der Waals surface area (Å²) in [6.07, 6.45) is -4.77. The molecule has 1 nitrogen and oxygen atoms in total. The summed E-state index contributed by atoms with van der Waals surface area (Å²) in [5, 5.41) is -1.39. The van der Waals surface area contributed by atoms with Crippen LogP contribution in [0.4, 0.5) is 30.7 Å². The second-order valence-electron chi connectivity index (χ2n) is 6.14. The molecule has 29 heavy (non-hydrogen) atoms. The quantitative estimate of drug-likeness (QED) is 0.254. The zero-order chi connectivity index (χ0) is 22.1. The van der Waals surface area contributed by atoms with E-state index in [0.717, 1.165) is 12.1 Å². The number of aldehydes is 1. The first-order valence-corrected chi connectivity index (χ1v) is 8.57. The van der Waals surface area contributed by atoms with E-state index in [2.05, 4.69) is 0 Å². The molecule has 0 saturated heterocycles. The van der Waals surface area contributed by atoms with Crippen molar-refractivity contribution in [3.8, 4) is 0 Å². The first-order valence-electron chi connectivity index (χ1n) is 7.82. The highest BCUT2D eigenvalue weighted by molar-refractivity contribution is 6.35. The second-order valence-corrected chi connectivity index (χ2v) is 6.96. The summed E-state index contributed by atoms with van der Waals surface area (Å²) >= 11 is 11.0. The van der Waals surface area contributed by atoms with Crippen molar-refractivity contribution >= 4 is 35.3 Å². The van der Waals surface area contributed by atoms with Crippen molar-refractivity contribution in [3.63, 3.8) is 0 Å². The largest absolute Gasteiger partial charge is 0.399 e. The van der Waals surface area contributed by atoms with Gasteiger partial charge in [0.25, 0.3) is 5.92 Å². The lowest BCUT2D eigenvalue weighted by molar-refractivity contribution is -0.139. The third kappa shape index (κ3) is 5.30. The average Bonchev–Trinajstić information content (AvgIpc) is 2.61. The lowest BCUT2D eigenvalue weighted by Crippen LogP contribution is -2.19. The summed E-state index contributed by atoms with van der Waals surface area (Å²) in [5.74, 6) is -8.74. The van der Waals surface area contributed by atoms with Crippen LogP contribution in [0.25, 0.3) is 5.83 Å². The van der Waals surface area contributed by atoms with Crippen LogP contribution in [-0.2, 0) is 5.92 Å². The van der Waals surface area contributed by atoms with Gasteiger partial charge in [0.2, 0.25) is 0 Å². The highest BCUT2D eigenvalue weighted by atomic mass is 35.5. The second kappa shape index (κ2) is 8.36. The lowest BCUT2D eigenvalue weighted by Gasteiger charge is -2.19. The number of benzene rings is 2. The van der Waals surface area contributed by atoms with E-state index in [1.807, 2.05) is 0 Å². The fraction of sp³-hybridized carbons (Fsp3) is 0.211. The van der Waals surface area contributed by atoms with Crippen LogP contribution in [0.2, 0.25) is 10.0 Å². The summed E-state index contributed by atoms with van der Waals surface area (Å²) in [6, 6.07) is 3.64. The zero-order valence-corrected chi connectivity index (χ0v) is 15.9. The van der Waals surface area contributed by atoms with Gasteiger partial charge in [-0.05, 0) is 29.8 Å². The molecule has 0 bridgehead atoms. The first kappa shape index (κ1) is 23.2. The van der Waals surface area contributed by atoms with Crippen LogP contribution in [0, 0.1) is 5.82 Å². The fourth-order valence-corrected chi connectivity index (χ4v) is 3.07. The normalized spacial score (nSPS) is 14.1. The van der Waals surface area contributed by atoms with Crippen LogP contribution in [0.3, 0.4) is 0 Å². The lowest BCUT2D eigenvalue weighted by atomic mass is 9.95. The van der Waals surface area contributed by atoms with Gasteiger partial charge < -0.3 is 0 Å². The van der Waals surface area contributed by atoms with Crippen molar-refractivity contribution in [1.29, 1.82) is 0 Å². The van der Waals surface area contributed by atoms with Crippen molar-refractivity contribution in [3.05, 3.63) is 74.5 Å². The Kier molecular flexibility index (Phi) is 6.69. The molecule has 2 aromatic rings. The topological polar surface area (TPSA) is 17.1 Å². The molecular weight excluding hydrogens is 448 g/mol. The molecule has 0 radical (unpaired) electrons.